The molecule has 7 heteroatoms. The second-order valence-corrected chi connectivity index (χ2v) is 5.46. The van der Waals surface area contributed by atoms with Crippen molar-refractivity contribution in [3.63, 3.8) is 0 Å². The van der Waals surface area contributed by atoms with Gasteiger partial charge in [0, 0.05) is 46.0 Å². The Morgan fingerprint density at radius 3 is 2.75 bits per heavy atom. The van der Waals surface area contributed by atoms with Crippen LogP contribution >= 0.6 is 0 Å². The Bertz CT molecular complexity index is 397. The standard InChI is InChI=1S/C13H24N6O/c1-17(2)13(20)11-18-7-3-12(4-8-18)14-5-9-19-10-6-15-16-19/h6,10,12,14H,3-5,7-9,11H2,1-2H3. The number of rotatable bonds is 6. The van der Waals surface area contributed by atoms with Gasteiger partial charge in [-0.15, -0.1) is 5.10 Å². The van der Waals surface area contributed by atoms with Crippen molar-refractivity contribution < 1.29 is 4.79 Å². The number of aromatic nitrogens is 3. The highest BCUT2D eigenvalue weighted by atomic mass is 16.2. The second kappa shape index (κ2) is 7.35. The minimum Gasteiger partial charge on any atom is -0.348 e. The maximum atomic E-state index is 11.6. The van der Waals surface area contributed by atoms with Gasteiger partial charge in [0.15, 0.2) is 0 Å². The smallest absolute Gasteiger partial charge is 0.236 e. The molecular formula is C13H24N6O. The van der Waals surface area contributed by atoms with Crippen LogP contribution in [0, 0.1) is 0 Å². The molecule has 0 bridgehead atoms. The Balaban J connectivity index is 1.60. The van der Waals surface area contributed by atoms with Crippen LogP contribution in [0.25, 0.3) is 0 Å². The lowest BCUT2D eigenvalue weighted by Gasteiger charge is -2.32. The zero-order valence-corrected chi connectivity index (χ0v) is 12.3. The molecule has 1 saturated heterocycles. The first kappa shape index (κ1) is 14.9. The molecule has 1 fully saturated rings. The van der Waals surface area contributed by atoms with E-state index in [2.05, 4.69) is 20.5 Å². The fourth-order valence-electron chi connectivity index (χ4n) is 2.36. The molecule has 0 aliphatic carbocycles. The van der Waals surface area contributed by atoms with Crippen molar-refractivity contribution in [2.24, 2.45) is 0 Å². The van der Waals surface area contributed by atoms with Gasteiger partial charge in [-0.25, -0.2) is 0 Å². The molecule has 1 aromatic heterocycles. The van der Waals surface area contributed by atoms with Gasteiger partial charge in [-0.1, -0.05) is 5.21 Å². The first-order chi connectivity index (χ1) is 9.65. The second-order valence-electron chi connectivity index (χ2n) is 5.46. The summed E-state index contributed by atoms with van der Waals surface area (Å²) < 4.78 is 1.83. The fraction of sp³-hybridized carbons (Fsp3) is 0.769. The Morgan fingerprint density at radius 2 is 2.15 bits per heavy atom. The highest BCUT2D eigenvalue weighted by Gasteiger charge is 2.20. The average molecular weight is 280 g/mol. The molecule has 1 N–H and O–H groups in total. The molecule has 1 aliphatic rings. The average Bonchev–Trinajstić information content (AvgIpc) is 2.94. The van der Waals surface area contributed by atoms with Crippen molar-refractivity contribution in [2.75, 3.05) is 40.3 Å². The van der Waals surface area contributed by atoms with Gasteiger partial charge in [-0.05, 0) is 12.8 Å². The SMILES string of the molecule is CN(C)C(=O)CN1CCC(NCCn2ccnn2)CC1. The van der Waals surface area contributed by atoms with Crippen LogP contribution in [0.3, 0.4) is 0 Å². The van der Waals surface area contributed by atoms with Gasteiger partial charge in [-0.2, -0.15) is 0 Å². The molecule has 0 saturated carbocycles. The Kier molecular flexibility index (Phi) is 5.49. The van der Waals surface area contributed by atoms with Gasteiger partial charge in [0.05, 0.1) is 19.3 Å². The quantitative estimate of drug-likeness (QED) is 0.755. The van der Waals surface area contributed by atoms with E-state index >= 15 is 0 Å². The highest BCUT2D eigenvalue weighted by molar-refractivity contribution is 5.77. The van der Waals surface area contributed by atoms with Crippen LogP contribution in [-0.4, -0.2) is 77.0 Å². The van der Waals surface area contributed by atoms with Crippen molar-refractivity contribution in [3.8, 4) is 0 Å². The summed E-state index contributed by atoms with van der Waals surface area (Å²) in [6, 6.07) is 0.546. The number of nitrogens with one attached hydrogen (secondary N) is 1. The Morgan fingerprint density at radius 1 is 1.40 bits per heavy atom. The molecule has 0 unspecified atom stereocenters. The molecule has 7 nitrogen and oxygen atoms in total. The van der Waals surface area contributed by atoms with Gasteiger partial charge in [0.1, 0.15) is 0 Å². The Labute approximate surface area is 119 Å². The highest BCUT2D eigenvalue weighted by Crippen LogP contribution is 2.10. The number of hydrogen-bond acceptors (Lipinski definition) is 5. The molecule has 2 rings (SSSR count). The van der Waals surface area contributed by atoms with E-state index in [9.17, 15) is 4.79 Å². The van der Waals surface area contributed by atoms with Crippen LogP contribution in [0.5, 0.6) is 0 Å². The van der Waals surface area contributed by atoms with Crippen molar-refractivity contribution >= 4 is 5.91 Å². The van der Waals surface area contributed by atoms with Gasteiger partial charge in [0.2, 0.25) is 5.91 Å². The van der Waals surface area contributed by atoms with Crippen molar-refractivity contribution in [2.45, 2.75) is 25.4 Å². The number of amides is 1. The number of hydrogen-bond donors (Lipinski definition) is 1. The lowest BCUT2D eigenvalue weighted by atomic mass is 10.1. The van der Waals surface area contributed by atoms with E-state index in [-0.39, 0.29) is 5.91 Å². The molecule has 0 spiro atoms. The number of carbonyl (C=O) groups is 1. The lowest BCUT2D eigenvalue weighted by molar-refractivity contribution is -0.130. The topological polar surface area (TPSA) is 66.3 Å². The zero-order valence-electron chi connectivity index (χ0n) is 12.3. The van der Waals surface area contributed by atoms with E-state index in [4.69, 9.17) is 0 Å². The summed E-state index contributed by atoms with van der Waals surface area (Å²) >= 11 is 0. The number of piperidine rings is 1. The zero-order chi connectivity index (χ0) is 14.4. The largest absolute Gasteiger partial charge is 0.348 e. The third-order valence-corrected chi connectivity index (χ3v) is 3.69. The van der Waals surface area contributed by atoms with Crippen LogP contribution in [0.1, 0.15) is 12.8 Å². The van der Waals surface area contributed by atoms with Crippen molar-refractivity contribution in [3.05, 3.63) is 12.4 Å². The van der Waals surface area contributed by atoms with Gasteiger partial charge in [-0.3, -0.25) is 14.4 Å². The van der Waals surface area contributed by atoms with Crippen LogP contribution in [0.2, 0.25) is 0 Å². The predicted octanol–water partition coefficient (Wildman–Crippen LogP) is -0.580. The molecule has 1 amide bonds. The summed E-state index contributed by atoms with van der Waals surface area (Å²) in [6.07, 6.45) is 5.76. The minimum absolute atomic E-state index is 0.183. The number of likely N-dealkylation sites (tertiary alicyclic amines) is 1. The number of nitrogens with zero attached hydrogens (tertiary/aromatic N) is 5. The Hall–Kier alpha value is -1.47. The molecule has 2 heterocycles. The summed E-state index contributed by atoms with van der Waals surface area (Å²) in [5, 5.41) is 11.3. The minimum atomic E-state index is 0.183. The molecule has 1 aliphatic heterocycles. The summed E-state index contributed by atoms with van der Waals surface area (Å²) in [6.45, 7) is 4.27. The van der Waals surface area contributed by atoms with E-state index < -0.39 is 0 Å². The van der Waals surface area contributed by atoms with Gasteiger partial charge >= 0.3 is 0 Å². The molecule has 0 radical (unpaired) electrons. The maximum absolute atomic E-state index is 11.6. The van der Waals surface area contributed by atoms with Gasteiger partial charge in [0.25, 0.3) is 0 Å². The van der Waals surface area contributed by atoms with E-state index in [1.54, 1.807) is 25.2 Å². The predicted molar refractivity (Wildman–Crippen MR) is 76.2 cm³/mol. The summed E-state index contributed by atoms with van der Waals surface area (Å²) in [5.41, 5.74) is 0. The first-order valence-corrected chi connectivity index (χ1v) is 7.15. The van der Waals surface area contributed by atoms with Crippen LogP contribution in [-0.2, 0) is 11.3 Å². The van der Waals surface area contributed by atoms with Crippen molar-refractivity contribution in [1.29, 1.82) is 0 Å². The summed E-state index contributed by atoms with van der Waals surface area (Å²) in [4.78, 5) is 15.5. The summed E-state index contributed by atoms with van der Waals surface area (Å²) in [5.74, 6) is 0.183. The van der Waals surface area contributed by atoms with Crippen LogP contribution < -0.4 is 5.32 Å². The summed E-state index contributed by atoms with van der Waals surface area (Å²) in [7, 11) is 3.61. The maximum Gasteiger partial charge on any atom is 0.236 e. The fourth-order valence-corrected chi connectivity index (χ4v) is 2.36. The molecule has 0 aromatic carbocycles. The third kappa shape index (κ3) is 4.57. The van der Waals surface area contributed by atoms with Gasteiger partial charge < -0.3 is 10.2 Å². The molecule has 1 aromatic rings. The number of likely N-dealkylation sites (N-methyl/N-ethyl adjacent to an activating group) is 1. The van der Waals surface area contributed by atoms with Crippen LogP contribution in [0.4, 0.5) is 0 Å². The normalized spacial score (nSPS) is 17.3. The molecule has 0 atom stereocenters. The van der Waals surface area contributed by atoms with E-state index in [1.165, 1.54) is 0 Å². The number of carbonyl (C=O) groups excluding carboxylic acids is 1. The monoisotopic (exact) mass is 280 g/mol. The van der Waals surface area contributed by atoms with E-state index in [0.29, 0.717) is 12.6 Å². The molecule has 112 valence electrons. The van der Waals surface area contributed by atoms with Crippen molar-refractivity contribution in [1.82, 2.24) is 30.1 Å². The lowest BCUT2D eigenvalue weighted by Crippen LogP contribution is -2.46. The van der Waals surface area contributed by atoms with E-state index in [0.717, 1.165) is 39.0 Å². The van der Waals surface area contributed by atoms with E-state index in [1.807, 2.05) is 10.9 Å². The third-order valence-electron chi connectivity index (χ3n) is 3.69. The first-order valence-electron chi connectivity index (χ1n) is 7.15. The van der Waals surface area contributed by atoms with Crippen LogP contribution in [0.15, 0.2) is 12.4 Å². The molecule has 20 heavy (non-hydrogen) atoms. The molecular weight excluding hydrogens is 256 g/mol.